The molecule has 1 aliphatic carbocycles. The van der Waals surface area contributed by atoms with Crippen LogP contribution in [-0.4, -0.2) is 43.8 Å². The van der Waals surface area contributed by atoms with Crippen LogP contribution in [0.5, 0.6) is 0 Å². The van der Waals surface area contributed by atoms with Crippen molar-refractivity contribution in [3.05, 3.63) is 0 Å². The molecular weight excluding hydrogens is 236 g/mol. The highest BCUT2D eigenvalue weighted by Crippen LogP contribution is 2.33. The lowest BCUT2D eigenvalue weighted by Gasteiger charge is -2.38. The number of nitrogens with two attached hydrogens (primary N) is 1. The minimum Gasteiger partial charge on any atom is -0.377 e. The number of ether oxygens (including phenoxy) is 1. The summed E-state index contributed by atoms with van der Waals surface area (Å²) in [6, 6.07) is 0.405. The van der Waals surface area contributed by atoms with Gasteiger partial charge in [-0.2, -0.15) is 0 Å². The summed E-state index contributed by atoms with van der Waals surface area (Å²) in [4.78, 5) is 2.45. The lowest BCUT2D eigenvalue weighted by Crippen LogP contribution is -2.44. The first-order valence-electron chi connectivity index (χ1n) is 8.12. The fraction of sp³-hybridized carbons (Fsp3) is 1.00. The molecular formula is C16H32N2O. The van der Waals surface area contributed by atoms with E-state index in [1.54, 1.807) is 0 Å². The predicted molar refractivity (Wildman–Crippen MR) is 80.1 cm³/mol. The predicted octanol–water partition coefficient (Wildman–Crippen LogP) is 2.50. The van der Waals surface area contributed by atoms with Gasteiger partial charge in [0.1, 0.15) is 0 Å². The largest absolute Gasteiger partial charge is 0.377 e. The molecule has 0 aromatic rings. The summed E-state index contributed by atoms with van der Waals surface area (Å²) < 4.78 is 5.73. The van der Waals surface area contributed by atoms with Gasteiger partial charge in [-0.05, 0) is 56.9 Å². The molecule has 0 aromatic carbocycles. The second-order valence-corrected chi connectivity index (χ2v) is 7.10. The van der Waals surface area contributed by atoms with Gasteiger partial charge in [0.25, 0.3) is 0 Å². The van der Waals surface area contributed by atoms with Crippen molar-refractivity contribution in [1.29, 1.82) is 0 Å². The Morgan fingerprint density at radius 2 is 2.00 bits per heavy atom. The van der Waals surface area contributed by atoms with Crippen molar-refractivity contribution in [3.63, 3.8) is 0 Å². The fourth-order valence-electron chi connectivity index (χ4n) is 3.75. The summed E-state index contributed by atoms with van der Waals surface area (Å²) in [5.41, 5.74) is 6.34. The Balaban J connectivity index is 1.78. The van der Waals surface area contributed by atoms with Gasteiger partial charge in [0, 0.05) is 25.7 Å². The standard InChI is InChI=1S/C16H32N2O/c1-12(2)13-6-7-16(17)14(9-13)10-18(3)11-15-5-4-8-19-15/h12-16H,4-11,17H2,1-3H3. The molecule has 2 fully saturated rings. The molecule has 19 heavy (non-hydrogen) atoms. The molecule has 2 N–H and O–H groups in total. The van der Waals surface area contributed by atoms with Gasteiger partial charge in [-0.25, -0.2) is 0 Å². The molecule has 1 aliphatic heterocycles. The molecule has 3 heteroatoms. The zero-order valence-corrected chi connectivity index (χ0v) is 13.0. The van der Waals surface area contributed by atoms with Crippen molar-refractivity contribution in [1.82, 2.24) is 4.90 Å². The summed E-state index contributed by atoms with van der Waals surface area (Å²) in [5, 5.41) is 0. The Bertz CT molecular complexity index is 263. The second-order valence-electron chi connectivity index (χ2n) is 7.10. The molecule has 0 radical (unpaired) electrons. The van der Waals surface area contributed by atoms with Gasteiger partial charge < -0.3 is 15.4 Å². The maximum absolute atomic E-state index is 6.34. The molecule has 0 bridgehead atoms. The first-order valence-corrected chi connectivity index (χ1v) is 8.12. The number of nitrogens with zero attached hydrogens (tertiary/aromatic N) is 1. The molecule has 2 rings (SSSR count). The van der Waals surface area contributed by atoms with Gasteiger partial charge in [0.05, 0.1) is 6.10 Å². The summed E-state index contributed by atoms with van der Waals surface area (Å²) >= 11 is 0. The highest BCUT2D eigenvalue weighted by molar-refractivity contribution is 4.85. The second kappa shape index (κ2) is 7.05. The van der Waals surface area contributed by atoms with Crippen molar-refractivity contribution < 1.29 is 4.74 Å². The smallest absolute Gasteiger partial charge is 0.0702 e. The normalized spacial score (nSPS) is 36.3. The summed E-state index contributed by atoms with van der Waals surface area (Å²) in [6.07, 6.45) is 6.78. The van der Waals surface area contributed by atoms with E-state index in [4.69, 9.17) is 10.5 Å². The van der Waals surface area contributed by atoms with E-state index in [0.717, 1.165) is 31.5 Å². The Morgan fingerprint density at radius 1 is 1.21 bits per heavy atom. The van der Waals surface area contributed by atoms with E-state index in [9.17, 15) is 0 Å². The molecule has 3 nitrogen and oxygen atoms in total. The molecule has 4 unspecified atom stereocenters. The highest BCUT2D eigenvalue weighted by Gasteiger charge is 2.30. The number of hydrogen-bond donors (Lipinski definition) is 1. The van der Waals surface area contributed by atoms with E-state index in [-0.39, 0.29) is 0 Å². The molecule has 2 aliphatic rings. The van der Waals surface area contributed by atoms with Gasteiger partial charge in [-0.3, -0.25) is 0 Å². The first kappa shape index (κ1) is 15.3. The Labute approximate surface area is 118 Å². The van der Waals surface area contributed by atoms with Crippen LogP contribution in [-0.2, 0) is 4.74 Å². The molecule has 4 atom stereocenters. The zero-order valence-electron chi connectivity index (χ0n) is 13.0. The average molecular weight is 268 g/mol. The maximum Gasteiger partial charge on any atom is 0.0702 e. The maximum atomic E-state index is 6.34. The molecule has 1 saturated heterocycles. The molecule has 1 saturated carbocycles. The van der Waals surface area contributed by atoms with E-state index >= 15 is 0 Å². The minimum atomic E-state index is 0.405. The van der Waals surface area contributed by atoms with Gasteiger partial charge in [0.2, 0.25) is 0 Å². The first-order chi connectivity index (χ1) is 9.06. The van der Waals surface area contributed by atoms with Crippen LogP contribution in [0.25, 0.3) is 0 Å². The molecule has 0 spiro atoms. The average Bonchev–Trinajstić information content (AvgIpc) is 2.84. The monoisotopic (exact) mass is 268 g/mol. The lowest BCUT2D eigenvalue weighted by atomic mass is 9.74. The Kier molecular flexibility index (Phi) is 5.67. The highest BCUT2D eigenvalue weighted by atomic mass is 16.5. The van der Waals surface area contributed by atoms with Crippen LogP contribution in [0, 0.1) is 17.8 Å². The Hall–Kier alpha value is -0.120. The van der Waals surface area contributed by atoms with Crippen molar-refractivity contribution in [2.24, 2.45) is 23.5 Å². The fourth-order valence-corrected chi connectivity index (χ4v) is 3.75. The van der Waals surface area contributed by atoms with E-state index in [0.29, 0.717) is 18.1 Å². The van der Waals surface area contributed by atoms with Gasteiger partial charge in [-0.15, -0.1) is 0 Å². The minimum absolute atomic E-state index is 0.405. The quantitative estimate of drug-likeness (QED) is 0.832. The van der Waals surface area contributed by atoms with E-state index in [2.05, 4.69) is 25.8 Å². The number of rotatable bonds is 5. The van der Waals surface area contributed by atoms with Crippen LogP contribution in [0.15, 0.2) is 0 Å². The SMILES string of the molecule is CC(C)C1CCC(N)C(CN(C)CC2CCCO2)C1. The number of likely N-dealkylation sites (N-methyl/N-ethyl adjacent to an activating group) is 1. The van der Waals surface area contributed by atoms with Crippen molar-refractivity contribution in [3.8, 4) is 0 Å². The van der Waals surface area contributed by atoms with Gasteiger partial charge in [-0.1, -0.05) is 13.8 Å². The van der Waals surface area contributed by atoms with E-state index in [1.165, 1.54) is 32.1 Å². The third-order valence-electron chi connectivity index (χ3n) is 5.11. The Morgan fingerprint density at radius 3 is 2.63 bits per heavy atom. The van der Waals surface area contributed by atoms with Crippen LogP contribution >= 0.6 is 0 Å². The van der Waals surface area contributed by atoms with Crippen LogP contribution in [0.4, 0.5) is 0 Å². The van der Waals surface area contributed by atoms with Crippen molar-refractivity contribution in [2.45, 2.75) is 58.1 Å². The topological polar surface area (TPSA) is 38.5 Å². The van der Waals surface area contributed by atoms with Gasteiger partial charge in [0.15, 0.2) is 0 Å². The molecule has 112 valence electrons. The van der Waals surface area contributed by atoms with Crippen LogP contribution in [0.3, 0.4) is 0 Å². The molecule has 0 amide bonds. The third kappa shape index (κ3) is 4.44. The van der Waals surface area contributed by atoms with Crippen LogP contribution < -0.4 is 5.73 Å². The zero-order chi connectivity index (χ0) is 13.8. The lowest BCUT2D eigenvalue weighted by molar-refractivity contribution is 0.0678. The molecule has 0 aromatic heterocycles. The summed E-state index contributed by atoms with van der Waals surface area (Å²) in [7, 11) is 2.23. The van der Waals surface area contributed by atoms with Crippen molar-refractivity contribution >= 4 is 0 Å². The summed E-state index contributed by atoms with van der Waals surface area (Å²) in [5.74, 6) is 2.35. The summed E-state index contributed by atoms with van der Waals surface area (Å²) in [6.45, 7) is 7.89. The van der Waals surface area contributed by atoms with Crippen LogP contribution in [0.2, 0.25) is 0 Å². The van der Waals surface area contributed by atoms with Crippen LogP contribution in [0.1, 0.15) is 46.0 Å². The number of hydrogen-bond acceptors (Lipinski definition) is 3. The van der Waals surface area contributed by atoms with Crippen molar-refractivity contribution in [2.75, 3.05) is 26.7 Å². The molecule has 1 heterocycles. The third-order valence-corrected chi connectivity index (χ3v) is 5.11. The van der Waals surface area contributed by atoms with Gasteiger partial charge >= 0.3 is 0 Å². The van der Waals surface area contributed by atoms with E-state index in [1.807, 2.05) is 0 Å². The van der Waals surface area contributed by atoms with E-state index < -0.39 is 0 Å².